The first-order chi connectivity index (χ1) is 16.3. The van der Waals surface area contributed by atoms with Gasteiger partial charge in [-0.3, -0.25) is 9.36 Å². The number of piperidine rings is 1. The van der Waals surface area contributed by atoms with Crippen molar-refractivity contribution in [3.8, 4) is 0 Å². The molecule has 2 N–H and O–H groups in total. The number of halogens is 1. The highest BCUT2D eigenvalue weighted by Gasteiger charge is 2.37. The normalized spacial score (nSPS) is 17.1. The predicted molar refractivity (Wildman–Crippen MR) is 138 cm³/mol. The Bertz CT molecular complexity index is 1060. The van der Waals surface area contributed by atoms with E-state index in [1.54, 1.807) is 10.8 Å². The second-order valence-electron chi connectivity index (χ2n) is 9.25. The van der Waals surface area contributed by atoms with Crippen molar-refractivity contribution in [3.05, 3.63) is 47.5 Å². The number of alkyl halides is 1. The van der Waals surface area contributed by atoms with Crippen LogP contribution < -0.4 is 10.6 Å². The lowest BCUT2D eigenvalue weighted by molar-refractivity contribution is -0.135. The van der Waals surface area contributed by atoms with Gasteiger partial charge in [0, 0.05) is 29.2 Å². The summed E-state index contributed by atoms with van der Waals surface area (Å²) in [4.78, 5) is 46.6. The Morgan fingerprint density at radius 3 is 2.44 bits per heavy atom. The Hall–Kier alpha value is -2.63. The number of hydrogen-bond acceptors (Lipinski definition) is 4. The van der Waals surface area contributed by atoms with Crippen LogP contribution >= 0.6 is 22.6 Å². The van der Waals surface area contributed by atoms with E-state index in [1.807, 2.05) is 54.8 Å². The summed E-state index contributed by atoms with van der Waals surface area (Å²) >= 11 is 2.29. The number of nitrogens with one attached hydrogen (secondary N) is 2. The van der Waals surface area contributed by atoms with Crippen LogP contribution in [-0.2, 0) is 15.8 Å². The predicted octanol–water partition coefficient (Wildman–Crippen LogP) is 3.75. The lowest BCUT2D eigenvalue weighted by Crippen LogP contribution is -2.55. The van der Waals surface area contributed by atoms with E-state index in [0.29, 0.717) is 31.1 Å². The van der Waals surface area contributed by atoms with Crippen molar-refractivity contribution in [2.45, 2.75) is 56.7 Å². The fourth-order valence-corrected chi connectivity index (χ4v) is 5.12. The minimum atomic E-state index is -0.618. The first-order valence-corrected chi connectivity index (χ1v) is 13.2. The van der Waals surface area contributed by atoms with Crippen LogP contribution in [0, 0.1) is 12.8 Å². The van der Waals surface area contributed by atoms with Crippen LogP contribution in [0.25, 0.3) is 0 Å². The van der Waals surface area contributed by atoms with Gasteiger partial charge in [-0.15, -0.1) is 0 Å². The molecule has 1 atom stereocenters. The van der Waals surface area contributed by atoms with Gasteiger partial charge in [-0.05, 0) is 43.4 Å². The van der Waals surface area contributed by atoms with E-state index < -0.39 is 12.1 Å². The zero-order chi connectivity index (χ0) is 24.4. The molecule has 34 heavy (non-hydrogen) atoms. The summed E-state index contributed by atoms with van der Waals surface area (Å²) in [7, 11) is 0. The van der Waals surface area contributed by atoms with Crippen molar-refractivity contribution in [2.75, 3.05) is 18.4 Å². The summed E-state index contributed by atoms with van der Waals surface area (Å²) in [5.41, 5.74) is 2.79. The lowest BCUT2D eigenvalue weighted by atomic mass is 9.99. The second kappa shape index (κ2) is 10.3. The Morgan fingerprint density at radius 2 is 1.85 bits per heavy atom. The molecule has 10 heteroatoms. The number of rotatable bonds is 6. The number of imidazole rings is 1. The number of carbonyl (C=O) groups is 3. The molecular formula is C24H31IN6O3. The number of benzene rings is 1. The lowest BCUT2D eigenvalue weighted by Gasteiger charge is -2.38. The molecule has 2 aliphatic rings. The molecule has 0 spiro atoms. The van der Waals surface area contributed by atoms with Crippen LogP contribution in [0.5, 0.6) is 0 Å². The van der Waals surface area contributed by atoms with Crippen LogP contribution in [0.4, 0.5) is 15.3 Å². The van der Waals surface area contributed by atoms with Crippen molar-refractivity contribution in [1.82, 2.24) is 24.7 Å². The van der Waals surface area contributed by atoms with Gasteiger partial charge in [0.25, 0.3) is 0 Å². The number of amides is 4. The monoisotopic (exact) mass is 578 g/mol. The fraction of sp³-hybridized carbons (Fsp3) is 0.500. The second-order valence-corrected chi connectivity index (χ2v) is 10.0. The molecule has 1 aromatic heterocycles. The third-order valence-electron chi connectivity index (χ3n) is 6.58. The molecular weight excluding hydrogens is 547 g/mol. The van der Waals surface area contributed by atoms with Crippen molar-refractivity contribution < 1.29 is 14.4 Å². The van der Waals surface area contributed by atoms with Crippen LogP contribution in [0.2, 0.25) is 0 Å². The van der Waals surface area contributed by atoms with Gasteiger partial charge < -0.3 is 20.4 Å². The number of carbonyl (C=O) groups excluding carboxylic acids is 3. The molecule has 1 aromatic carbocycles. The molecule has 9 nitrogen and oxygen atoms in total. The highest BCUT2D eigenvalue weighted by molar-refractivity contribution is 14.1. The van der Waals surface area contributed by atoms with E-state index in [0.717, 1.165) is 23.0 Å². The van der Waals surface area contributed by atoms with E-state index in [2.05, 4.69) is 38.2 Å². The molecule has 0 bridgehead atoms. The molecule has 2 aromatic rings. The molecule has 0 unspecified atom stereocenters. The first-order valence-electron chi connectivity index (χ1n) is 11.6. The summed E-state index contributed by atoms with van der Waals surface area (Å²) in [6, 6.07) is 6.71. The number of fused-ring (bicyclic) bond motifs is 1. The zero-order valence-electron chi connectivity index (χ0n) is 19.8. The van der Waals surface area contributed by atoms with Crippen LogP contribution in [0.15, 0.2) is 30.5 Å². The quantitative estimate of drug-likeness (QED) is 0.403. The maximum atomic E-state index is 13.3. The molecule has 2 aliphatic heterocycles. The van der Waals surface area contributed by atoms with Gasteiger partial charge >= 0.3 is 12.1 Å². The maximum absolute atomic E-state index is 13.3. The van der Waals surface area contributed by atoms with Gasteiger partial charge in [0.1, 0.15) is 11.9 Å². The number of nitrogens with zero attached hydrogens (tertiary/aromatic N) is 4. The van der Waals surface area contributed by atoms with Crippen molar-refractivity contribution >= 4 is 46.2 Å². The molecule has 0 saturated carbocycles. The van der Waals surface area contributed by atoms with Crippen LogP contribution in [0.1, 0.15) is 43.8 Å². The summed E-state index contributed by atoms with van der Waals surface area (Å²) in [5.74, 6) is 0.571. The topological polar surface area (TPSA) is 99.6 Å². The van der Waals surface area contributed by atoms with Gasteiger partial charge in [-0.2, -0.15) is 0 Å². The van der Waals surface area contributed by atoms with Crippen LogP contribution in [-0.4, -0.2) is 62.5 Å². The molecule has 1 saturated heterocycles. The number of aryl methyl sites for hydroxylation is 1. The third kappa shape index (κ3) is 5.06. The van der Waals surface area contributed by atoms with Crippen LogP contribution in [0.3, 0.4) is 0 Å². The van der Waals surface area contributed by atoms with E-state index in [9.17, 15) is 14.4 Å². The standard InChI is InChI=1S/C24H31IN6O3/c1-15(2)21(28-23(33)27-18-6-4-17(12-25)5-7-18)22(32)29-10-8-19(9-11-29)30-14-20-13-26-16(3)31(20)24(30)34/h4-7,13,15,19,21H,8-12,14H2,1-3H3,(H2,27,28,33)/t21-/m1/s1. The Morgan fingerprint density at radius 1 is 1.18 bits per heavy atom. The zero-order valence-corrected chi connectivity index (χ0v) is 21.9. The van der Waals surface area contributed by atoms with Gasteiger partial charge in [0.15, 0.2) is 0 Å². The van der Waals surface area contributed by atoms with Crippen molar-refractivity contribution in [1.29, 1.82) is 0 Å². The maximum Gasteiger partial charge on any atom is 0.330 e. The number of urea groups is 1. The van der Waals surface area contributed by atoms with E-state index >= 15 is 0 Å². The van der Waals surface area contributed by atoms with Gasteiger partial charge in [-0.1, -0.05) is 48.6 Å². The van der Waals surface area contributed by atoms with E-state index in [-0.39, 0.29) is 23.9 Å². The van der Waals surface area contributed by atoms with E-state index in [1.165, 1.54) is 5.56 Å². The highest BCUT2D eigenvalue weighted by Crippen LogP contribution is 2.26. The summed E-state index contributed by atoms with van der Waals surface area (Å²) in [5, 5.41) is 5.68. The molecule has 0 radical (unpaired) electrons. The molecule has 182 valence electrons. The minimum Gasteiger partial charge on any atom is -0.341 e. The number of likely N-dealkylation sites (tertiary alicyclic amines) is 1. The molecule has 3 heterocycles. The first kappa shape index (κ1) is 24.5. The summed E-state index contributed by atoms with van der Waals surface area (Å²) < 4.78 is 2.57. The third-order valence-corrected chi connectivity index (χ3v) is 7.46. The summed E-state index contributed by atoms with van der Waals surface area (Å²) in [6.45, 7) is 7.37. The number of aromatic nitrogens is 2. The van der Waals surface area contributed by atoms with Crippen molar-refractivity contribution in [2.24, 2.45) is 5.92 Å². The average Bonchev–Trinajstić information content (AvgIpc) is 3.37. The highest BCUT2D eigenvalue weighted by atomic mass is 127. The van der Waals surface area contributed by atoms with Gasteiger partial charge in [-0.25, -0.2) is 14.6 Å². The molecule has 4 rings (SSSR count). The SMILES string of the molecule is Cc1ncc2n1C(=O)N(C1CCN(C(=O)[C@H](NC(=O)Nc3ccc(CI)cc3)C(C)C)CC1)C2. The number of hydrogen-bond donors (Lipinski definition) is 2. The van der Waals surface area contributed by atoms with Gasteiger partial charge in [0.05, 0.1) is 18.4 Å². The Balaban J connectivity index is 1.32. The minimum absolute atomic E-state index is 0.0281. The molecule has 0 aliphatic carbocycles. The van der Waals surface area contributed by atoms with Crippen molar-refractivity contribution in [3.63, 3.8) is 0 Å². The molecule has 4 amide bonds. The average molecular weight is 578 g/mol. The number of anilines is 1. The Kier molecular flexibility index (Phi) is 7.44. The Labute approximate surface area is 213 Å². The van der Waals surface area contributed by atoms with Gasteiger partial charge in [0.2, 0.25) is 5.91 Å². The largest absolute Gasteiger partial charge is 0.341 e. The smallest absolute Gasteiger partial charge is 0.330 e. The molecule has 1 fully saturated rings. The summed E-state index contributed by atoms with van der Waals surface area (Å²) in [6.07, 6.45) is 3.19. The van der Waals surface area contributed by atoms with E-state index in [4.69, 9.17) is 0 Å². The fourth-order valence-electron chi connectivity index (χ4n) is 4.61.